The van der Waals surface area contributed by atoms with E-state index in [1.807, 2.05) is 12.1 Å². The molecule has 0 unspecified atom stereocenters. The van der Waals surface area contributed by atoms with E-state index in [0.29, 0.717) is 11.9 Å². The van der Waals surface area contributed by atoms with Crippen molar-refractivity contribution in [3.05, 3.63) is 72.4 Å². The van der Waals surface area contributed by atoms with Crippen LogP contribution in [0.5, 0.6) is 0 Å². The molecule has 2 aliphatic heterocycles. The van der Waals surface area contributed by atoms with Crippen molar-refractivity contribution in [1.82, 2.24) is 30.6 Å². The number of nitrogens with one attached hydrogen (secondary N) is 4. The molecule has 0 spiro atoms. The number of benzene rings is 3. The van der Waals surface area contributed by atoms with Gasteiger partial charge < -0.3 is 20.6 Å². The summed E-state index contributed by atoms with van der Waals surface area (Å²) in [6, 6.07) is 18.8. The first-order valence-corrected chi connectivity index (χ1v) is 12.5. The largest absolute Gasteiger partial charge is 0.341 e. The Balaban J connectivity index is 1.15. The normalized spacial score (nSPS) is 21.6. The summed E-state index contributed by atoms with van der Waals surface area (Å²) in [5.41, 5.74) is 6.11. The minimum Gasteiger partial charge on any atom is -0.341 e. The van der Waals surface area contributed by atoms with Gasteiger partial charge in [0.1, 0.15) is 11.6 Å². The molecule has 8 heteroatoms. The maximum atomic E-state index is 13.5. The molecule has 2 fully saturated rings. The zero-order valence-corrected chi connectivity index (χ0v) is 19.6. The SMILES string of the molecule is FC1(F)CN[C@H](c2ncc(-c3ccc(-c4ccc5c(ccc6[nH]c([C@@H]7CCCN7)nc65)c4)cc3)[nH]2)C1. The van der Waals surface area contributed by atoms with Crippen molar-refractivity contribution in [3.63, 3.8) is 0 Å². The Kier molecular flexibility index (Phi) is 4.94. The molecule has 0 amide bonds. The second-order valence-electron chi connectivity index (χ2n) is 9.92. The monoisotopic (exact) mass is 484 g/mol. The molecule has 6 nitrogen and oxygen atoms in total. The lowest BCUT2D eigenvalue weighted by molar-refractivity contribution is 0.0208. The van der Waals surface area contributed by atoms with E-state index in [1.54, 1.807) is 6.20 Å². The van der Waals surface area contributed by atoms with E-state index in [9.17, 15) is 8.78 Å². The van der Waals surface area contributed by atoms with Crippen molar-refractivity contribution in [3.8, 4) is 22.4 Å². The Morgan fingerprint density at radius 2 is 1.67 bits per heavy atom. The average Bonchev–Trinajstić information content (AvgIpc) is 3.69. The number of H-pyrrole nitrogens is 2. The molecule has 0 saturated carbocycles. The molecule has 4 N–H and O–H groups in total. The van der Waals surface area contributed by atoms with Gasteiger partial charge >= 0.3 is 0 Å². The molecule has 0 aliphatic carbocycles. The van der Waals surface area contributed by atoms with E-state index < -0.39 is 12.0 Å². The van der Waals surface area contributed by atoms with Crippen LogP contribution >= 0.6 is 0 Å². The van der Waals surface area contributed by atoms with E-state index in [4.69, 9.17) is 4.98 Å². The van der Waals surface area contributed by atoms with E-state index in [0.717, 1.165) is 63.0 Å². The predicted octanol–water partition coefficient (Wildman–Crippen LogP) is 5.87. The third kappa shape index (κ3) is 3.77. The Bertz CT molecular complexity index is 1560. The van der Waals surface area contributed by atoms with Crippen LogP contribution in [0, 0.1) is 0 Å². The summed E-state index contributed by atoms with van der Waals surface area (Å²) >= 11 is 0. The molecule has 0 bridgehead atoms. The quantitative estimate of drug-likeness (QED) is 0.257. The summed E-state index contributed by atoms with van der Waals surface area (Å²) in [6.07, 6.45) is 3.78. The highest BCUT2D eigenvalue weighted by atomic mass is 19.3. The van der Waals surface area contributed by atoms with Crippen LogP contribution in [0.25, 0.3) is 44.2 Å². The Morgan fingerprint density at radius 1 is 0.833 bits per heavy atom. The van der Waals surface area contributed by atoms with Crippen LogP contribution in [-0.4, -0.2) is 38.9 Å². The summed E-state index contributed by atoms with van der Waals surface area (Å²) in [5, 5.41) is 8.66. The second kappa shape index (κ2) is 8.21. The van der Waals surface area contributed by atoms with Crippen LogP contribution in [-0.2, 0) is 0 Å². The fourth-order valence-electron chi connectivity index (χ4n) is 5.50. The first-order chi connectivity index (χ1) is 17.5. The van der Waals surface area contributed by atoms with E-state index in [2.05, 4.69) is 68.1 Å². The van der Waals surface area contributed by atoms with Crippen molar-refractivity contribution in [1.29, 1.82) is 0 Å². The molecule has 2 aliphatic rings. The van der Waals surface area contributed by atoms with E-state index >= 15 is 0 Å². The number of hydrogen-bond acceptors (Lipinski definition) is 4. The Morgan fingerprint density at radius 3 is 2.44 bits per heavy atom. The van der Waals surface area contributed by atoms with Gasteiger partial charge in [0, 0.05) is 11.8 Å². The van der Waals surface area contributed by atoms with Crippen molar-refractivity contribution in [2.45, 2.75) is 37.3 Å². The van der Waals surface area contributed by atoms with Crippen LogP contribution < -0.4 is 10.6 Å². The summed E-state index contributed by atoms with van der Waals surface area (Å²) in [6.45, 7) is 0.738. The van der Waals surface area contributed by atoms with Crippen molar-refractivity contribution >= 4 is 21.8 Å². The van der Waals surface area contributed by atoms with Crippen molar-refractivity contribution < 1.29 is 8.78 Å². The van der Waals surface area contributed by atoms with Crippen molar-refractivity contribution in [2.24, 2.45) is 0 Å². The van der Waals surface area contributed by atoms with Crippen LogP contribution in [0.1, 0.15) is 43.0 Å². The highest BCUT2D eigenvalue weighted by Crippen LogP contribution is 2.34. The third-order valence-electron chi connectivity index (χ3n) is 7.44. The fourth-order valence-corrected chi connectivity index (χ4v) is 5.50. The van der Waals surface area contributed by atoms with Crippen LogP contribution in [0.15, 0.2) is 60.8 Å². The smallest absolute Gasteiger partial charge is 0.262 e. The molecule has 5 aromatic rings. The van der Waals surface area contributed by atoms with Gasteiger partial charge in [-0.25, -0.2) is 18.7 Å². The number of halogens is 2. The number of rotatable bonds is 4. The number of alkyl halides is 2. The van der Waals surface area contributed by atoms with Gasteiger partial charge in [-0.15, -0.1) is 0 Å². The molecular formula is C28H26F2N6. The van der Waals surface area contributed by atoms with E-state index in [-0.39, 0.29) is 13.0 Å². The molecule has 4 heterocycles. The predicted molar refractivity (Wildman–Crippen MR) is 137 cm³/mol. The summed E-state index contributed by atoms with van der Waals surface area (Å²) < 4.78 is 27.1. The zero-order chi connectivity index (χ0) is 24.3. The van der Waals surface area contributed by atoms with Gasteiger partial charge in [0.25, 0.3) is 5.92 Å². The number of aromatic amines is 2. The molecule has 3 aromatic carbocycles. The first-order valence-electron chi connectivity index (χ1n) is 12.5. The first kappa shape index (κ1) is 21.6. The molecule has 36 heavy (non-hydrogen) atoms. The van der Waals surface area contributed by atoms with E-state index in [1.165, 1.54) is 6.42 Å². The topological polar surface area (TPSA) is 81.4 Å². The summed E-state index contributed by atoms with van der Waals surface area (Å²) in [5.74, 6) is -1.11. The average molecular weight is 485 g/mol. The summed E-state index contributed by atoms with van der Waals surface area (Å²) in [7, 11) is 0. The van der Waals surface area contributed by atoms with Gasteiger partial charge in [0.2, 0.25) is 0 Å². The molecule has 7 rings (SSSR count). The molecule has 182 valence electrons. The minimum atomic E-state index is -2.68. The van der Waals surface area contributed by atoms with Gasteiger partial charge in [0.05, 0.1) is 41.6 Å². The van der Waals surface area contributed by atoms with Crippen LogP contribution in [0.4, 0.5) is 8.78 Å². The van der Waals surface area contributed by atoms with Gasteiger partial charge in [-0.05, 0) is 53.6 Å². The molecular weight excluding hydrogens is 458 g/mol. The van der Waals surface area contributed by atoms with Gasteiger partial charge in [-0.2, -0.15) is 0 Å². The number of hydrogen-bond donors (Lipinski definition) is 4. The number of aromatic nitrogens is 4. The lowest BCUT2D eigenvalue weighted by Gasteiger charge is -2.07. The highest BCUT2D eigenvalue weighted by molar-refractivity contribution is 6.05. The third-order valence-corrected chi connectivity index (χ3v) is 7.44. The number of fused-ring (bicyclic) bond motifs is 3. The van der Waals surface area contributed by atoms with Crippen LogP contribution in [0.3, 0.4) is 0 Å². The van der Waals surface area contributed by atoms with Gasteiger partial charge in [0.15, 0.2) is 0 Å². The minimum absolute atomic E-state index is 0.232. The lowest BCUT2D eigenvalue weighted by Crippen LogP contribution is -2.19. The Labute approximate surface area is 206 Å². The summed E-state index contributed by atoms with van der Waals surface area (Å²) in [4.78, 5) is 16.0. The van der Waals surface area contributed by atoms with Gasteiger partial charge in [-0.3, -0.25) is 0 Å². The lowest BCUT2D eigenvalue weighted by atomic mass is 9.99. The zero-order valence-electron chi connectivity index (χ0n) is 19.6. The standard InChI is InChI=1S/C28H26F2N6/c29-28(30)13-23(33-15-28)26-32-14-24(35-26)17-5-3-16(4-6-17)18-7-9-20-19(12-18)8-10-21-25(20)36-27(34-21)22-2-1-11-31-22/h3-10,12,14,22-23,31,33H,1-2,11,13,15H2,(H,32,35)(H,34,36)/t22-,23-/m0/s1. The molecule has 0 radical (unpaired) electrons. The van der Waals surface area contributed by atoms with Crippen LogP contribution in [0.2, 0.25) is 0 Å². The molecule has 2 aromatic heterocycles. The highest BCUT2D eigenvalue weighted by Gasteiger charge is 2.40. The van der Waals surface area contributed by atoms with Crippen molar-refractivity contribution in [2.75, 3.05) is 13.1 Å². The fraction of sp³-hybridized carbons (Fsp3) is 0.286. The van der Waals surface area contributed by atoms with Gasteiger partial charge in [-0.1, -0.05) is 42.5 Å². The molecule has 2 saturated heterocycles. The molecule has 2 atom stereocenters. The maximum absolute atomic E-state index is 13.5. The number of nitrogens with zero attached hydrogens (tertiary/aromatic N) is 2. The maximum Gasteiger partial charge on any atom is 0.262 e. The second-order valence-corrected chi connectivity index (χ2v) is 9.92. The number of imidazole rings is 2. The Hall–Kier alpha value is -3.62.